The molecule has 0 aliphatic carbocycles. The van der Waals surface area contributed by atoms with Crippen LogP contribution in [0.4, 0.5) is 11.6 Å². The SMILES string of the molecule is COc1ccc([N+](=O)[O-])c([C@@H](OCc2cn([C@H]3C[C@@H](O)[C@@H](CO)O3)c3nc(N)nc(Cl)c23)C(C)(C)C)c1. The minimum atomic E-state index is -0.860. The molecule has 0 saturated carbocycles. The molecule has 1 aromatic carbocycles. The maximum absolute atomic E-state index is 11.8. The van der Waals surface area contributed by atoms with E-state index in [0.29, 0.717) is 27.9 Å². The molecule has 37 heavy (non-hydrogen) atoms. The molecule has 0 bridgehead atoms. The Kier molecular flexibility index (Phi) is 7.58. The third-order valence-corrected chi connectivity index (χ3v) is 6.60. The first-order valence-corrected chi connectivity index (χ1v) is 12.0. The summed E-state index contributed by atoms with van der Waals surface area (Å²) < 4.78 is 19.2. The quantitative estimate of drug-likeness (QED) is 0.220. The van der Waals surface area contributed by atoms with Gasteiger partial charge in [-0.1, -0.05) is 32.4 Å². The van der Waals surface area contributed by atoms with Crippen molar-refractivity contribution in [3.8, 4) is 5.75 Å². The number of nitrogens with zero attached hydrogens (tertiary/aromatic N) is 4. The van der Waals surface area contributed by atoms with E-state index in [0.717, 1.165) is 0 Å². The monoisotopic (exact) mass is 535 g/mol. The molecule has 4 atom stereocenters. The zero-order valence-corrected chi connectivity index (χ0v) is 21.7. The Balaban J connectivity index is 1.75. The van der Waals surface area contributed by atoms with Crippen LogP contribution >= 0.6 is 11.6 Å². The highest BCUT2D eigenvalue weighted by atomic mass is 35.5. The number of nitro benzene ring substituents is 1. The molecule has 2 aromatic heterocycles. The molecule has 200 valence electrons. The number of ether oxygens (including phenoxy) is 3. The molecule has 13 heteroatoms. The second-order valence-electron chi connectivity index (χ2n) is 9.99. The number of hydrogen-bond acceptors (Lipinski definition) is 10. The number of rotatable bonds is 8. The zero-order valence-electron chi connectivity index (χ0n) is 20.9. The van der Waals surface area contributed by atoms with Gasteiger partial charge in [0.05, 0.1) is 48.4 Å². The van der Waals surface area contributed by atoms with Crippen LogP contribution in [0.3, 0.4) is 0 Å². The van der Waals surface area contributed by atoms with E-state index in [-0.39, 0.29) is 36.4 Å². The van der Waals surface area contributed by atoms with Gasteiger partial charge < -0.3 is 34.7 Å². The van der Waals surface area contributed by atoms with Gasteiger partial charge in [-0.25, -0.2) is 4.98 Å². The molecule has 12 nitrogen and oxygen atoms in total. The van der Waals surface area contributed by atoms with E-state index in [1.807, 2.05) is 20.8 Å². The van der Waals surface area contributed by atoms with E-state index in [1.165, 1.54) is 19.2 Å². The summed E-state index contributed by atoms with van der Waals surface area (Å²) in [4.78, 5) is 19.8. The summed E-state index contributed by atoms with van der Waals surface area (Å²) >= 11 is 6.46. The number of fused-ring (bicyclic) bond motifs is 1. The lowest BCUT2D eigenvalue weighted by Gasteiger charge is -2.31. The molecule has 3 aromatic rings. The van der Waals surface area contributed by atoms with Crippen LogP contribution in [0.25, 0.3) is 11.0 Å². The third kappa shape index (κ3) is 5.34. The van der Waals surface area contributed by atoms with Crippen molar-refractivity contribution < 1.29 is 29.3 Å². The van der Waals surface area contributed by atoms with Gasteiger partial charge in [0.15, 0.2) is 0 Å². The van der Waals surface area contributed by atoms with Crippen LogP contribution in [0.5, 0.6) is 5.75 Å². The van der Waals surface area contributed by atoms with E-state index in [9.17, 15) is 20.3 Å². The normalized spacial score (nSPS) is 20.9. The predicted octanol–water partition coefficient (Wildman–Crippen LogP) is 3.53. The van der Waals surface area contributed by atoms with Gasteiger partial charge in [-0.15, -0.1) is 0 Å². The first kappa shape index (κ1) is 27.0. The van der Waals surface area contributed by atoms with Gasteiger partial charge >= 0.3 is 0 Å². The van der Waals surface area contributed by atoms with Gasteiger partial charge in [0.1, 0.15) is 28.9 Å². The molecule has 1 fully saturated rings. The fourth-order valence-corrected chi connectivity index (χ4v) is 4.88. The topological polar surface area (TPSA) is 168 Å². The molecule has 1 aliphatic rings. The standard InChI is InChI=1S/C24H30ClN5O7/c1-24(2,3)20(14-7-13(35-4)5-6-15(14)30(33)34)36-11-12-9-29(18-8-16(32)17(10-31)37-18)22-19(12)21(25)27-23(26)28-22/h5-7,9,16-18,20,31-32H,8,10-11H2,1-4H3,(H2,26,27,28)/t16-,17-,18-,20-/m1/s1. The molecule has 1 aliphatic heterocycles. The Morgan fingerprint density at radius 2 is 2.11 bits per heavy atom. The fourth-order valence-electron chi connectivity index (χ4n) is 4.59. The van der Waals surface area contributed by atoms with Crippen molar-refractivity contribution >= 4 is 34.3 Å². The van der Waals surface area contributed by atoms with E-state index >= 15 is 0 Å². The molecule has 4 N–H and O–H groups in total. The maximum atomic E-state index is 11.8. The lowest BCUT2D eigenvalue weighted by molar-refractivity contribution is -0.386. The molecule has 0 unspecified atom stereocenters. The highest BCUT2D eigenvalue weighted by Crippen LogP contribution is 2.43. The minimum Gasteiger partial charge on any atom is -0.497 e. The second-order valence-corrected chi connectivity index (χ2v) is 10.3. The summed E-state index contributed by atoms with van der Waals surface area (Å²) in [7, 11) is 1.49. The van der Waals surface area contributed by atoms with Gasteiger partial charge in [-0.3, -0.25) is 10.1 Å². The van der Waals surface area contributed by atoms with Crippen LogP contribution in [0.2, 0.25) is 5.15 Å². The fraction of sp³-hybridized carbons (Fsp3) is 0.500. The smallest absolute Gasteiger partial charge is 0.275 e. The van der Waals surface area contributed by atoms with Crippen molar-refractivity contribution in [1.29, 1.82) is 0 Å². The number of aliphatic hydroxyl groups excluding tert-OH is 2. The molecule has 0 spiro atoms. The number of halogens is 1. The molecule has 0 radical (unpaired) electrons. The summed E-state index contributed by atoms with van der Waals surface area (Å²) in [6, 6.07) is 4.54. The van der Waals surface area contributed by atoms with E-state index in [1.54, 1.807) is 16.8 Å². The molecule has 4 rings (SSSR count). The molecular formula is C24H30ClN5O7. The second kappa shape index (κ2) is 10.4. The van der Waals surface area contributed by atoms with Crippen molar-refractivity contribution in [2.45, 2.75) is 58.3 Å². The lowest BCUT2D eigenvalue weighted by Crippen LogP contribution is -2.24. The number of aromatic nitrogens is 3. The Morgan fingerprint density at radius 3 is 2.70 bits per heavy atom. The Hall–Kier alpha value is -3.03. The van der Waals surface area contributed by atoms with Crippen molar-refractivity contribution in [3.05, 3.63) is 50.8 Å². The average molecular weight is 536 g/mol. The zero-order chi connectivity index (χ0) is 27.1. The average Bonchev–Trinajstić information content (AvgIpc) is 3.38. The van der Waals surface area contributed by atoms with E-state index < -0.39 is 34.9 Å². The first-order chi connectivity index (χ1) is 17.4. The lowest BCUT2D eigenvalue weighted by atomic mass is 9.83. The summed E-state index contributed by atoms with van der Waals surface area (Å²) in [6.07, 6.45) is -0.986. The predicted molar refractivity (Wildman–Crippen MR) is 135 cm³/mol. The number of anilines is 1. The number of methoxy groups -OCH3 is 1. The van der Waals surface area contributed by atoms with E-state index in [2.05, 4.69) is 9.97 Å². The van der Waals surface area contributed by atoms with Crippen molar-refractivity contribution in [2.24, 2.45) is 5.41 Å². The number of benzene rings is 1. The first-order valence-electron chi connectivity index (χ1n) is 11.6. The van der Waals surface area contributed by atoms with Crippen LogP contribution in [0.1, 0.15) is 50.7 Å². The number of nitrogens with two attached hydrogens (primary N) is 1. The van der Waals surface area contributed by atoms with Crippen LogP contribution in [0.15, 0.2) is 24.4 Å². The third-order valence-electron chi connectivity index (χ3n) is 6.32. The van der Waals surface area contributed by atoms with Crippen molar-refractivity contribution in [3.63, 3.8) is 0 Å². The number of aliphatic hydroxyl groups is 2. The number of nitrogen functional groups attached to an aromatic ring is 1. The summed E-state index contributed by atoms with van der Waals surface area (Å²) in [5.74, 6) is 0.429. The molecule has 3 heterocycles. The summed E-state index contributed by atoms with van der Waals surface area (Å²) in [6.45, 7) is 5.43. The Bertz CT molecular complexity index is 1310. The highest BCUT2D eigenvalue weighted by Gasteiger charge is 2.37. The number of hydrogen-bond donors (Lipinski definition) is 3. The summed E-state index contributed by atoms with van der Waals surface area (Å²) in [5, 5.41) is 32.1. The maximum Gasteiger partial charge on any atom is 0.275 e. The van der Waals surface area contributed by atoms with Crippen LogP contribution < -0.4 is 10.5 Å². The highest BCUT2D eigenvalue weighted by molar-refractivity contribution is 6.34. The van der Waals surface area contributed by atoms with Crippen molar-refractivity contribution in [1.82, 2.24) is 14.5 Å². The van der Waals surface area contributed by atoms with Crippen LogP contribution in [0, 0.1) is 15.5 Å². The van der Waals surface area contributed by atoms with Gasteiger partial charge in [0.2, 0.25) is 5.95 Å². The van der Waals surface area contributed by atoms with Gasteiger partial charge in [-0.2, -0.15) is 4.98 Å². The van der Waals surface area contributed by atoms with Gasteiger partial charge in [-0.05, 0) is 17.5 Å². The van der Waals surface area contributed by atoms with Gasteiger partial charge in [0, 0.05) is 24.2 Å². The Morgan fingerprint density at radius 1 is 1.38 bits per heavy atom. The van der Waals surface area contributed by atoms with Gasteiger partial charge in [0.25, 0.3) is 5.69 Å². The van der Waals surface area contributed by atoms with E-state index in [4.69, 9.17) is 31.5 Å². The van der Waals surface area contributed by atoms with Crippen molar-refractivity contribution in [2.75, 3.05) is 19.5 Å². The Labute approximate surface area is 218 Å². The molecule has 1 saturated heterocycles. The van der Waals surface area contributed by atoms with Crippen LogP contribution in [-0.2, 0) is 16.1 Å². The summed E-state index contributed by atoms with van der Waals surface area (Å²) in [5.41, 5.74) is 6.59. The number of nitro groups is 1. The largest absolute Gasteiger partial charge is 0.497 e. The molecular weight excluding hydrogens is 506 g/mol. The minimum absolute atomic E-state index is 0.00546. The van der Waals surface area contributed by atoms with Crippen LogP contribution in [-0.4, -0.2) is 55.6 Å². The molecule has 0 amide bonds.